The molecule has 0 saturated carbocycles. The Morgan fingerprint density at radius 2 is 1.54 bits per heavy atom. The molecule has 2 heterocycles. The number of hydrogen-bond donors (Lipinski definition) is 10. The number of aliphatic hydroxyl groups excluding tert-OH is 1. The summed E-state index contributed by atoms with van der Waals surface area (Å²) in [6.45, 7) is 6.06. The van der Waals surface area contributed by atoms with Crippen molar-refractivity contribution in [2.45, 2.75) is 115 Å². The minimum Gasteiger partial charge on any atom is -0.404 e. The quantitative estimate of drug-likeness (QED) is 0.0726. The molecule has 4 rings (SSSR count). The number of carbonyl (C=O) groups is 7. The van der Waals surface area contributed by atoms with Crippen LogP contribution in [0.1, 0.15) is 63.8 Å². The average Bonchev–Trinajstić information content (AvgIpc) is 3.65. The third kappa shape index (κ3) is 15.9. The number of phosphoric ester groups is 1. The Balaban J connectivity index is 1.53. The molecule has 7 atom stereocenters. The Bertz CT molecular complexity index is 2130. The van der Waals surface area contributed by atoms with E-state index in [1.54, 1.807) is 50.4 Å². The summed E-state index contributed by atoms with van der Waals surface area (Å²) in [5.74, 6) is -6.20. The van der Waals surface area contributed by atoms with Gasteiger partial charge in [-0.1, -0.05) is 61.5 Å². The van der Waals surface area contributed by atoms with Crippen LogP contribution in [0, 0.1) is 5.92 Å². The van der Waals surface area contributed by atoms with E-state index in [9.17, 15) is 43.2 Å². The van der Waals surface area contributed by atoms with Crippen LogP contribution in [0.4, 0.5) is 0 Å². The first-order chi connectivity index (χ1) is 29.7. The molecule has 23 heteroatoms. The number of nitrogens with one attached hydrogen (secondary N) is 6. The highest BCUT2D eigenvalue weighted by Crippen LogP contribution is 2.37. The van der Waals surface area contributed by atoms with Gasteiger partial charge in [0.1, 0.15) is 42.0 Å². The molecule has 3 aromatic rings. The maximum atomic E-state index is 13.9. The largest absolute Gasteiger partial charge is 0.524 e. The van der Waals surface area contributed by atoms with Crippen molar-refractivity contribution in [1.29, 1.82) is 0 Å². The van der Waals surface area contributed by atoms with Crippen LogP contribution in [0.25, 0.3) is 0 Å². The minimum atomic E-state index is -4.82. The predicted octanol–water partition coefficient (Wildman–Crippen LogP) is -1.59. The highest BCUT2D eigenvalue weighted by Gasteiger charge is 2.36. The monoisotopic (exact) mass is 898 g/mol. The van der Waals surface area contributed by atoms with E-state index in [1.807, 2.05) is 0 Å². The maximum absolute atomic E-state index is 13.9. The van der Waals surface area contributed by atoms with Crippen molar-refractivity contribution in [2.75, 3.05) is 0 Å². The van der Waals surface area contributed by atoms with E-state index in [0.717, 1.165) is 0 Å². The van der Waals surface area contributed by atoms with E-state index in [2.05, 4.69) is 46.7 Å². The molecule has 0 spiro atoms. The number of carbonyl (C=O) groups excluding carboxylic acids is 7. The van der Waals surface area contributed by atoms with E-state index in [4.69, 9.17) is 15.5 Å². The molecule has 2 aromatic carbocycles. The summed E-state index contributed by atoms with van der Waals surface area (Å²) < 4.78 is 17.3. The minimum absolute atomic E-state index is 0.0449. The summed E-state index contributed by atoms with van der Waals surface area (Å²) in [7, 11) is -4.82. The molecule has 11 N–H and O–H groups in total. The van der Waals surface area contributed by atoms with Crippen molar-refractivity contribution in [2.24, 2.45) is 11.7 Å². The number of rotatable bonds is 16. The number of benzene rings is 2. The molecule has 0 saturated heterocycles. The number of amides is 7. The smallest absolute Gasteiger partial charge is 0.404 e. The number of nitrogens with zero attached hydrogens (tertiary/aromatic N) is 3. The van der Waals surface area contributed by atoms with Crippen LogP contribution in [-0.4, -0.2) is 114 Å². The molecule has 22 nitrogen and oxygen atoms in total. The van der Waals surface area contributed by atoms with E-state index in [0.29, 0.717) is 36.2 Å². The number of aryl methyl sites for hydroxylation is 1. The summed E-state index contributed by atoms with van der Waals surface area (Å²) in [5.41, 5.74) is 7.14. The van der Waals surface area contributed by atoms with Crippen LogP contribution in [0.3, 0.4) is 0 Å². The highest BCUT2D eigenvalue weighted by molar-refractivity contribution is 7.46. The lowest BCUT2D eigenvalue weighted by Crippen LogP contribution is -2.62. The van der Waals surface area contributed by atoms with E-state index >= 15 is 0 Å². The average molecular weight is 899 g/mol. The highest BCUT2D eigenvalue weighted by atomic mass is 31.2. The number of aliphatic hydroxyl groups is 1. The van der Waals surface area contributed by atoms with Crippen molar-refractivity contribution in [1.82, 2.24) is 46.9 Å². The van der Waals surface area contributed by atoms with Crippen LogP contribution >= 0.6 is 7.82 Å². The lowest BCUT2D eigenvalue weighted by atomic mass is 9.99. The summed E-state index contributed by atoms with van der Waals surface area (Å²) in [4.78, 5) is 112. The van der Waals surface area contributed by atoms with E-state index in [-0.39, 0.29) is 31.4 Å². The second-order valence-corrected chi connectivity index (χ2v) is 16.8. The molecule has 2 bridgehead atoms. The molecular weight excluding hydrogens is 843 g/mol. The van der Waals surface area contributed by atoms with Crippen LogP contribution in [0.5, 0.6) is 5.75 Å². The Hall–Kier alpha value is -6.22. The molecule has 0 aliphatic carbocycles. The van der Waals surface area contributed by atoms with Gasteiger partial charge in [0.2, 0.25) is 41.4 Å². The summed E-state index contributed by atoms with van der Waals surface area (Å²) >= 11 is 0. The van der Waals surface area contributed by atoms with Crippen LogP contribution in [0.2, 0.25) is 0 Å². The summed E-state index contributed by atoms with van der Waals surface area (Å²) in [6.07, 6.45) is 0.701. The zero-order valence-corrected chi connectivity index (χ0v) is 36.1. The van der Waals surface area contributed by atoms with Crippen molar-refractivity contribution >= 4 is 49.2 Å². The van der Waals surface area contributed by atoms with Gasteiger partial charge in [0.25, 0.3) is 0 Å². The fourth-order valence-corrected chi connectivity index (χ4v) is 7.08. The second kappa shape index (κ2) is 22.7. The molecule has 7 amide bonds. The van der Waals surface area contributed by atoms with Crippen molar-refractivity contribution < 1.29 is 57.5 Å². The van der Waals surface area contributed by atoms with Gasteiger partial charge in [-0.2, -0.15) is 0 Å². The Morgan fingerprint density at radius 3 is 2.14 bits per heavy atom. The molecule has 0 radical (unpaired) electrons. The number of fused-ring (bicyclic) bond motifs is 2. The van der Waals surface area contributed by atoms with Gasteiger partial charge in [0.05, 0.1) is 11.8 Å². The SMILES string of the molecule is CC(=O)N[C@H](Cc1ccc(OP(=O)(O)O)cc1)C(=O)N[C@@H](C(=O)N[C@@H]1CCCCn2cc(nn2)C[C@H](C(=O)N[C@@H](Cc2ccccc2)C(N)=O)NC(=O)[C@H]([C@@H](C)O)NC1=O)C(C)C. The fourth-order valence-electron chi connectivity index (χ4n) is 6.68. The molecule has 0 unspecified atom stereocenters. The Labute approximate surface area is 363 Å². The number of nitrogens with two attached hydrogens (primary N) is 1. The van der Waals surface area contributed by atoms with Gasteiger partial charge in [0.15, 0.2) is 0 Å². The van der Waals surface area contributed by atoms with Gasteiger partial charge >= 0.3 is 7.82 Å². The molecule has 342 valence electrons. The second-order valence-electron chi connectivity index (χ2n) is 15.6. The fraction of sp³-hybridized carbons (Fsp3) is 0.475. The summed E-state index contributed by atoms with van der Waals surface area (Å²) in [6, 6.07) is 6.33. The predicted molar refractivity (Wildman–Crippen MR) is 224 cm³/mol. The van der Waals surface area contributed by atoms with Crippen LogP contribution in [-0.2, 0) is 63.9 Å². The lowest BCUT2D eigenvalue weighted by molar-refractivity contribution is -0.137. The maximum Gasteiger partial charge on any atom is 0.524 e. The molecule has 1 aliphatic rings. The standard InChI is InChI=1S/C40H55N10O12P/c1-22(2)33(46-38(56)31(42-24(4)52)19-26-13-15-28(16-14-26)62-63(59,60)61)39(57)43-29-12-8-9-17-50-21-27(48-49-50)20-32(45-40(58)34(23(3)51)47-36(29)54)37(55)44-30(35(41)53)18-25-10-6-5-7-11-25/h5-7,10-11,13-16,21-23,29-34,51H,8-9,12,17-20H2,1-4H3,(H2,41,53)(H,42,52)(H,43,57)(H,44,55)(H,45,58)(H,46,56)(H,47,54)(H2,59,60,61)/t23-,29-,30+,31-,32-,33-,34+/m1/s1. The van der Waals surface area contributed by atoms with Gasteiger partial charge in [-0.3, -0.25) is 48.0 Å². The van der Waals surface area contributed by atoms with Crippen molar-refractivity contribution in [3.05, 3.63) is 77.6 Å². The van der Waals surface area contributed by atoms with Crippen molar-refractivity contribution in [3.8, 4) is 5.75 Å². The first-order valence-corrected chi connectivity index (χ1v) is 21.8. The van der Waals surface area contributed by atoms with Crippen LogP contribution < -0.4 is 42.2 Å². The van der Waals surface area contributed by atoms with Crippen LogP contribution in [0.15, 0.2) is 60.8 Å². The lowest BCUT2D eigenvalue weighted by Gasteiger charge is -2.29. The van der Waals surface area contributed by atoms with Gasteiger partial charge in [-0.05, 0) is 55.4 Å². The van der Waals surface area contributed by atoms with E-state index in [1.165, 1.54) is 42.8 Å². The third-order valence-electron chi connectivity index (χ3n) is 9.93. The number of aromatic nitrogens is 3. The zero-order valence-electron chi connectivity index (χ0n) is 35.2. The Kier molecular flexibility index (Phi) is 17.9. The van der Waals surface area contributed by atoms with Gasteiger partial charge in [-0.15, -0.1) is 5.10 Å². The third-order valence-corrected chi connectivity index (χ3v) is 10.4. The summed E-state index contributed by atoms with van der Waals surface area (Å²) in [5, 5.41) is 34.5. The first-order valence-electron chi connectivity index (χ1n) is 20.2. The van der Waals surface area contributed by atoms with Gasteiger partial charge in [-0.25, -0.2) is 4.57 Å². The van der Waals surface area contributed by atoms with Crippen molar-refractivity contribution in [3.63, 3.8) is 0 Å². The van der Waals surface area contributed by atoms with Gasteiger partial charge in [0, 0.05) is 38.9 Å². The number of hydrogen-bond acceptors (Lipinski definition) is 12. The first kappa shape index (κ1) is 49.4. The van der Waals surface area contributed by atoms with Gasteiger partial charge < -0.3 is 47.3 Å². The molecular formula is C40H55N10O12P. The number of primary amides is 1. The molecule has 63 heavy (non-hydrogen) atoms. The normalized spacial score (nSPS) is 19.3. The molecule has 1 aliphatic heterocycles. The Morgan fingerprint density at radius 1 is 0.889 bits per heavy atom. The number of phosphoric acid groups is 1. The topological polar surface area (TPSA) is 335 Å². The van der Waals surface area contributed by atoms with E-state index < -0.39 is 97.4 Å². The zero-order chi connectivity index (χ0) is 46.4. The molecule has 0 fully saturated rings. The molecule has 1 aromatic heterocycles.